The minimum atomic E-state index is -0.578. The number of halogens is 1. The van der Waals surface area contributed by atoms with E-state index < -0.39 is 4.92 Å². The third kappa shape index (κ3) is 4.00. The van der Waals surface area contributed by atoms with Gasteiger partial charge < -0.3 is 14.8 Å². The van der Waals surface area contributed by atoms with Crippen LogP contribution in [0.1, 0.15) is 23.2 Å². The molecule has 0 heterocycles. The second kappa shape index (κ2) is 6.98. The van der Waals surface area contributed by atoms with Crippen molar-refractivity contribution in [3.05, 3.63) is 57.1 Å². The van der Waals surface area contributed by atoms with Gasteiger partial charge in [0.1, 0.15) is 0 Å². The molecular formula is C17H15ClN2O5. The summed E-state index contributed by atoms with van der Waals surface area (Å²) in [7, 11) is 1.43. The van der Waals surface area contributed by atoms with Crippen molar-refractivity contribution in [2.75, 3.05) is 7.11 Å². The van der Waals surface area contributed by atoms with Crippen LogP contribution >= 0.6 is 11.6 Å². The van der Waals surface area contributed by atoms with Crippen LogP contribution in [0.25, 0.3) is 0 Å². The molecule has 1 saturated carbocycles. The van der Waals surface area contributed by atoms with E-state index in [2.05, 4.69) is 5.32 Å². The molecule has 1 N–H and O–H groups in total. The van der Waals surface area contributed by atoms with Gasteiger partial charge in [-0.25, -0.2) is 0 Å². The maximum Gasteiger partial charge on any atom is 0.313 e. The zero-order valence-electron chi connectivity index (χ0n) is 13.3. The molecule has 1 amide bonds. The summed E-state index contributed by atoms with van der Waals surface area (Å²) in [5, 5.41) is 14.3. The molecule has 0 spiro atoms. The standard InChI is InChI=1S/C17H15ClN2O5/c1-24-16-8-10(17(21)19-12-4-5-12)2-6-15(16)25-14-7-3-11(18)9-13(14)20(22)23/h2-3,6-9,12H,4-5H2,1H3,(H,19,21). The number of benzene rings is 2. The number of nitro groups is 1. The van der Waals surface area contributed by atoms with E-state index in [4.69, 9.17) is 21.1 Å². The zero-order valence-corrected chi connectivity index (χ0v) is 14.1. The van der Waals surface area contributed by atoms with Crippen LogP contribution in [-0.2, 0) is 0 Å². The molecule has 130 valence electrons. The van der Waals surface area contributed by atoms with E-state index in [0.29, 0.717) is 11.3 Å². The number of nitro benzene ring substituents is 1. The van der Waals surface area contributed by atoms with Crippen molar-refractivity contribution in [3.8, 4) is 17.2 Å². The highest BCUT2D eigenvalue weighted by Crippen LogP contribution is 2.38. The number of nitrogens with zero attached hydrogens (tertiary/aromatic N) is 1. The van der Waals surface area contributed by atoms with Gasteiger partial charge in [-0.2, -0.15) is 0 Å². The Morgan fingerprint density at radius 2 is 1.92 bits per heavy atom. The summed E-state index contributed by atoms with van der Waals surface area (Å²) in [4.78, 5) is 22.7. The molecule has 0 saturated heterocycles. The molecule has 7 nitrogen and oxygen atoms in total. The first kappa shape index (κ1) is 17.0. The fourth-order valence-corrected chi connectivity index (χ4v) is 2.39. The van der Waals surface area contributed by atoms with E-state index in [0.717, 1.165) is 12.8 Å². The number of carbonyl (C=O) groups excluding carboxylic acids is 1. The van der Waals surface area contributed by atoms with Crippen LogP contribution in [-0.4, -0.2) is 24.0 Å². The van der Waals surface area contributed by atoms with Crippen LogP contribution in [0.2, 0.25) is 5.02 Å². The highest BCUT2D eigenvalue weighted by molar-refractivity contribution is 6.30. The molecule has 1 aliphatic rings. The van der Waals surface area contributed by atoms with Crippen molar-refractivity contribution in [1.29, 1.82) is 0 Å². The molecule has 0 bridgehead atoms. The molecular weight excluding hydrogens is 348 g/mol. The first-order chi connectivity index (χ1) is 12.0. The molecule has 0 aliphatic heterocycles. The summed E-state index contributed by atoms with van der Waals surface area (Å²) in [5.41, 5.74) is 0.173. The van der Waals surface area contributed by atoms with E-state index >= 15 is 0 Å². The Morgan fingerprint density at radius 3 is 2.56 bits per heavy atom. The van der Waals surface area contributed by atoms with Crippen molar-refractivity contribution in [2.45, 2.75) is 18.9 Å². The van der Waals surface area contributed by atoms with Crippen molar-refractivity contribution in [2.24, 2.45) is 0 Å². The number of nitrogens with one attached hydrogen (secondary N) is 1. The highest BCUT2D eigenvalue weighted by atomic mass is 35.5. The third-order valence-electron chi connectivity index (χ3n) is 3.68. The summed E-state index contributed by atoms with van der Waals surface area (Å²) in [6, 6.07) is 9.01. The third-order valence-corrected chi connectivity index (χ3v) is 3.91. The van der Waals surface area contributed by atoms with Crippen molar-refractivity contribution >= 4 is 23.2 Å². The second-order valence-electron chi connectivity index (χ2n) is 5.58. The van der Waals surface area contributed by atoms with Gasteiger partial charge in [0, 0.05) is 22.7 Å². The Kier molecular flexibility index (Phi) is 4.76. The lowest BCUT2D eigenvalue weighted by molar-refractivity contribution is -0.385. The van der Waals surface area contributed by atoms with Crippen LogP contribution in [0.15, 0.2) is 36.4 Å². The molecule has 1 fully saturated rings. The van der Waals surface area contributed by atoms with Gasteiger partial charge in [-0.3, -0.25) is 14.9 Å². The average Bonchev–Trinajstić information content (AvgIpc) is 3.40. The number of amides is 1. The van der Waals surface area contributed by atoms with E-state index in [1.54, 1.807) is 12.1 Å². The fourth-order valence-electron chi connectivity index (χ4n) is 2.23. The van der Waals surface area contributed by atoms with E-state index in [9.17, 15) is 14.9 Å². The summed E-state index contributed by atoms with van der Waals surface area (Å²) >= 11 is 5.80. The molecule has 25 heavy (non-hydrogen) atoms. The van der Waals surface area contributed by atoms with Crippen LogP contribution in [0.4, 0.5) is 5.69 Å². The monoisotopic (exact) mass is 362 g/mol. The number of ether oxygens (including phenoxy) is 2. The molecule has 0 atom stereocenters. The SMILES string of the molecule is COc1cc(C(=O)NC2CC2)ccc1Oc1ccc(Cl)cc1[N+](=O)[O-]. The summed E-state index contributed by atoms with van der Waals surface area (Å²) in [6.45, 7) is 0. The van der Waals surface area contributed by atoms with Crippen molar-refractivity contribution in [1.82, 2.24) is 5.32 Å². The first-order valence-corrected chi connectivity index (χ1v) is 7.96. The van der Waals surface area contributed by atoms with Crippen LogP contribution in [0.3, 0.4) is 0 Å². The van der Waals surface area contributed by atoms with Gasteiger partial charge in [-0.15, -0.1) is 0 Å². The normalized spacial score (nSPS) is 13.2. The van der Waals surface area contributed by atoms with Crippen LogP contribution in [0, 0.1) is 10.1 Å². The van der Waals surface area contributed by atoms with E-state index in [1.165, 1.54) is 31.4 Å². The predicted molar refractivity (Wildman–Crippen MR) is 91.7 cm³/mol. The lowest BCUT2D eigenvalue weighted by Gasteiger charge is -2.12. The second-order valence-corrected chi connectivity index (χ2v) is 6.02. The van der Waals surface area contributed by atoms with Gasteiger partial charge in [0.25, 0.3) is 5.91 Å². The Bertz CT molecular complexity index is 836. The number of methoxy groups -OCH3 is 1. The minimum Gasteiger partial charge on any atom is -0.493 e. The maximum atomic E-state index is 12.1. The largest absolute Gasteiger partial charge is 0.493 e. The summed E-state index contributed by atoms with van der Waals surface area (Å²) in [5.74, 6) is 0.399. The molecule has 3 rings (SSSR count). The minimum absolute atomic E-state index is 0.0304. The summed E-state index contributed by atoms with van der Waals surface area (Å²) < 4.78 is 10.9. The van der Waals surface area contributed by atoms with Gasteiger partial charge in [-0.1, -0.05) is 11.6 Å². The van der Waals surface area contributed by atoms with Crippen LogP contribution < -0.4 is 14.8 Å². The van der Waals surface area contributed by atoms with Gasteiger partial charge in [0.2, 0.25) is 5.75 Å². The van der Waals surface area contributed by atoms with Gasteiger partial charge in [-0.05, 0) is 43.2 Å². The van der Waals surface area contributed by atoms with Crippen LogP contribution in [0.5, 0.6) is 17.2 Å². The van der Waals surface area contributed by atoms with E-state index in [-0.39, 0.29) is 34.2 Å². The number of rotatable bonds is 6. The zero-order chi connectivity index (χ0) is 18.0. The smallest absolute Gasteiger partial charge is 0.313 e. The lowest BCUT2D eigenvalue weighted by Crippen LogP contribution is -2.25. The fraction of sp³-hybridized carbons (Fsp3) is 0.235. The number of hydrogen-bond acceptors (Lipinski definition) is 5. The highest BCUT2D eigenvalue weighted by Gasteiger charge is 2.24. The first-order valence-electron chi connectivity index (χ1n) is 7.58. The van der Waals surface area contributed by atoms with E-state index in [1.807, 2.05) is 0 Å². The molecule has 8 heteroatoms. The topological polar surface area (TPSA) is 90.7 Å². The molecule has 1 aliphatic carbocycles. The predicted octanol–water partition coefficient (Wildman–Crippen LogP) is 3.94. The Morgan fingerprint density at radius 1 is 1.20 bits per heavy atom. The summed E-state index contributed by atoms with van der Waals surface area (Å²) in [6.07, 6.45) is 1.98. The maximum absolute atomic E-state index is 12.1. The Hall–Kier alpha value is -2.80. The number of carbonyl (C=O) groups is 1. The molecule has 0 unspecified atom stereocenters. The average molecular weight is 363 g/mol. The van der Waals surface area contributed by atoms with Crippen molar-refractivity contribution in [3.63, 3.8) is 0 Å². The lowest BCUT2D eigenvalue weighted by atomic mass is 10.2. The molecule has 0 radical (unpaired) electrons. The molecule has 0 aromatic heterocycles. The van der Waals surface area contributed by atoms with Gasteiger partial charge in [0.05, 0.1) is 12.0 Å². The molecule has 2 aromatic rings. The molecule has 2 aromatic carbocycles. The number of hydrogen-bond donors (Lipinski definition) is 1. The van der Waals surface area contributed by atoms with Crippen molar-refractivity contribution < 1.29 is 19.2 Å². The quantitative estimate of drug-likeness (QED) is 0.620. The van der Waals surface area contributed by atoms with Gasteiger partial charge >= 0.3 is 5.69 Å². The Labute approximate surface area is 148 Å². The Balaban J connectivity index is 1.87. The van der Waals surface area contributed by atoms with Gasteiger partial charge in [0.15, 0.2) is 11.5 Å².